The van der Waals surface area contributed by atoms with E-state index in [-0.39, 0.29) is 11.9 Å². The second-order valence-corrected chi connectivity index (χ2v) is 5.62. The molecule has 0 fully saturated rings. The SMILES string of the molecule is CC(C)n1nccc1NC(=O)c1ccc(Cl)cc1Br. The number of hydrogen-bond acceptors (Lipinski definition) is 2. The number of benzene rings is 1. The zero-order chi connectivity index (χ0) is 14.0. The topological polar surface area (TPSA) is 46.9 Å². The highest BCUT2D eigenvalue weighted by Crippen LogP contribution is 2.23. The van der Waals surface area contributed by atoms with Gasteiger partial charge in [-0.1, -0.05) is 11.6 Å². The highest BCUT2D eigenvalue weighted by Gasteiger charge is 2.13. The van der Waals surface area contributed by atoms with Crippen molar-refractivity contribution in [2.75, 3.05) is 5.32 Å². The molecule has 0 saturated carbocycles. The molecule has 1 N–H and O–H groups in total. The number of amides is 1. The van der Waals surface area contributed by atoms with Crippen LogP contribution >= 0.6 is 27.5 Å². The number of halogens is 2. The minimum atomic E-state index is -0.203. The molecule has 0 aliphatic carbocycles. The van der Waals surface area contributed by atoms with Gasteiger partial charge in [0.2, 0.25) is 0 Å². The minimum Gasteiger partial charge on any atom is -0.307 e. The van der Waals surface area contributed by atoms with E-state index in [1.807, 2.05) is 13.8 Å². The van der Waals surface area contributed by atoms with E-state index < -0.39 is 0 Å². The van der Waals surface area contributed by atoms with E-state index in [9.17, 15) is 4.79 Å². The molecule has 100 valence electrons. The Bertz CT molecular complexity index is 610. The smallest absolute Gasteiger partial charge is 0.257 e. The first-order valence-electron chi connectivity index (χ1n) is 5.79. The second kappa shape index (κ2) is 5.75. The Morgan fingerprint density at radius 1 is 1.42 bits per heavy atom. The molecule has 0 spiro atoms. The van der Waals surface area contributed by atoms with Crippen LogP contribution in [0.25, 0.3) is 0 Å². The third-order valence-electron chi connectivity index (χ3n) is 2.58. The maximum Gasteiger partial charge on any atom is 0.257 e. The van der Waals surface area contributed by atoms with E-state index in [4.69, 9.17) is 11.6 Å². The molecular formula is C13H13BrClN3O. The fourth-order valence-electron chi connectivity index (χ4n) is 1.68. The molecule has 0 radical (unpaired) electrons. The summed E-state index contributed by atoms with van der Waals surface area (Å²) in [5.41, 5.74) is 0.529. The van der Waals surface area contributed by atoms with Crippen LogP contribution in [0.1, 0.15) is 30.2 Å². The predicted octanol–water partition coefficient (Wildman–Crippen LogP) is 4.13. The number of hydrogen-bond donors (Lipinski definition) is 1. The van der Waals surface area contributed by atoms with Gasteiger partial charge in [0.15, 0.2) is 0 Å². The molecule has 2 rings (SSSR count). The summed E-state index contributed by atoms with van der Waals surface area (Å²) >= 11 is 9.19. The van der Waals surface area contributed by atoms with Crippen molar-refractivity contribution in [3.05, 3.63) is 45.5 Å². The summed E-state index contributed by atoms with van der Waals surface area (Å²) in [5, 5.41) is 7.58. The van der Waals surface area contributed by atoms with Gasteiger partial charge in [-0.15, -0.1) is 0 Å². The summed E-state index contributed by atoms with van der Waals surface area (Å²) in [6.07, 6.45) is 1.66. The van der Waals surface area contributed by atoms with Crippen LogP contribution < -0.4 is 5.32 Å². The van der Waals surface area contributed by atoms with Crippen LogP contribution in [0.4, 0.5) is 5.82 Å². The zero-order valence-electron chi connectivity index (χ0n) is 10.5. The van der Waals surface area contributed by atoms with Gasteiger partial charge in [-0.3, -0.25) is 4.79 Å². The Labute approximate surface area is 124 Å². The fraction of sp³-hybridized carbons (Fsp3) is 0.231. The number of anilines is 1. The molecule has 1 aromatic heterocycles. The van der Waals surface area contributed by atoms with Crippen molar-refractivity contribution in [1.29, 1.82) is 0 Å². The van der Waals surface area contributed by atoms with Gasteiger partial charge >= 0.3 is 0 Å². The van der Waals surface area contributed by atoms with Gasteiger partial charge < -0.3 is 5.32 Å². The molecule has 2 aromatic rings. The zero-order valence-corrected chi connectivity index (χ0v) is 12.9. The molecule has 0 saturated heterocycles. The first kappa shape index (κ1) is 14.1. The van der Waals surface area contributed by atoms with Crippen LogP contribution in [0.3, 0.4) is 0 Å². The lowest BCUT2D eigenvalue weighted by molar-refractivity contribution is 0.102. The Hall–Kier alpha value is -1.33. The predicted molar refractivity (Wildman–Crippen MR) is 79.7 cm³/mol. The third kappa shape index (κ3) is 3.16. The summed E-state index contributed by atoms with van der Waals surface area (Å²) < 4.78 is 2.41. The maximum absolute atomic E-state index is 12.2. The summed E-state index contributed by atoms with van der Waals surface area (Å²) in [6, 6.07) is 7.00. The Kier molecular flexibility index (Phi) is 4.27. The summed E-state index contributed by atoms with van der Waals surface area (Å²) in [6.45, 7) is 4.00. The Morgan fingerprint density at radius 2 is 2.16 bits per heavy atom. The lowest BCUT2D eigenvalue weighted by atomic mass is 10.2. The largest absolute Gasteiger partial charge is 0.307 e. The fourth-order valence-corrected chi connectivity index (χ4v) is 2.54. The molecule has 6 heteroatoms. The number of carbonyl (C=O) groups is 1. The number of nitrogens with one attached hydrogen (secondary N) is 1. The Balaban J connectivity index is 2.23. The first-order valence-corrected chi connectivity index (χ1v) is 6.96. The third-order valence-corrected chi connectivity index (χ3v) is 3.47. The molecule has 4 nitrogen and oxygen atoms in total. The van der Waals surface area contributed by atoms with E-state index >= 15 is 0 Å². The van der Waals surface area contributed by atoms with Crippen LogP contribution in [0.2, 0.25) is 5.02 Å². The van der Waals surface area contributed by atoms with Gasteiger partial charge in [-0.2, -0.15) is 5.10 Å². The van der Waals surface area contributed by atoms with E-state index in [0.717, 1.165) is 0 Å². The van der Waals surface area contributed by atoms with Crippen molar-refractivity contribution in [3.63, 3.8) is 0 Å². The van der Waals surface area contributed by atoms with Crippen LogP contribution in [-0.4, -0.2) is 15.7 Å². The monoisotopic (exact) mass is 341 g/mol. The number of rotatable bonds is 3. The average Bonchev–Trinajstić information content (AvgIpc) is 2.76. The van der Waals surface area contributed by atoms with E-state index in [0.29, 0.717) is 20.9 Å². The molecule has 1 aromatic carbocycles. The van der Waals surface area contributed by atoms with Gasteiger partial charge in [-0.05, 0) is 48.0 Å². The van der Waals surface area contributed by atoms with Gasteiger partial charge in [0, 0.05) is 21.6 Å². The Morgan fingerprint density at radius 3 is 2.79 bits per heavy atom. The van der Waals surface area contributed by atoms with Crippen molar-refractivity contribution < 1.29 is 4.79 Å². The standard InChI is InChI=1S/C13H13BrClN3O/c1-8(2)18-12(5-6-16-18)17-13(19)10-4-3-9(15)7-11(10)14/h3-8H,1-2H3,(H,17,19). The highest BCUT2D eigenvalue weighted by molar-refractivity contribution is 9.10. The molecular weight excluding hydrogens is 330 g/mol. The average molecular weight is 343 g/mol. The van der Waals surface area contributed by atoms with Crippen molar-refractivity contribution in [2.24, 2.45) is 0 Å². The summed E-state index contributed by atoms with van der Waals surface area (Å²) in [7, 11) is 0. The van der Waals surface area contributed by atoms with E-state index in [1.54, 1.807) is 35.1 Å². The van der Waals surface area contributed by atoms with Gasteiger partial charge in [-0.25, -0.2) is 4.68 Å². The van der Waals surface area contributed by atoms with E-state index in [2.05, 4.69) is 26.3 Å². The summed E-state index contributed by atoms with van der Waals surface area (Å²) in [4.78, 5) is 12.2. The maximum atomic E-state index is 12.2. The molecule has 0 unspecified atom stereocenters. The lowest BCUT2D eigenvalue weighted by Crippen LogP contribution is -2.17. The van der Waals surface area contributed by atoms with E-state index in [1.165, 1.54) is 0 Å². The second-order valence-electron chi connectivity index (χ2n) is 4.33. The van der Waals surface area contributed by atoms with Crippen LogP contribution in [-0.2, 0) is 0 Å². The van der Waals surface area contributed by atoms with Crippen LogP contribution in [0.5, 0.6) is 0 Å². The minimum absolute atomic E-state index is 0.180. The van der Waals surface area contributed by atoms with Crippen molar-refractivity contribution in [2.45, 2.75) is 19.9 Å². The van der Waals surface area contributed by atoms with Gasteiger partial charge in [0.1, 0.15) is 5.82 Å². The van der Waals surface area contributed by atoms with Crippen molar-refractivity contribution in [1.82, 2.24) is 9.78 Å². The number of nitrogens with zero attached hydrogens (tertiary/aromatic N) is 2. The number of carbonyl (C=O) groups excluding carboxylic acids is 1. The van der Waals surface area contributed by atoms with Crippen molar-refractivity contribution >= 4 is 39.3 Å². The molecule has 0 aliphatic rings. The lowest BCUT2D eigenvalue weighted by Gasteiger charge is -2.12. The molecule has 0 atom stereocenters. The van der Waals surface area contributed by atoms with Crippen LogP contribution in [0, 0.1) is 0 Å². The van der Waals surface area contributed by atoms with Crippen LogP contribution in [0.15, 0.2) is 34.9 Å². The normalized spacial score (nSPS) is 10.8. The molecule has 1 amide bonds. The number of aromatic nitrogens is 2. The summed E-state index contributed by atoms with van der Waals surface area (Å²) in [5.74, 6) is 0.466. The quantitative estimate of drug-likeness (QED) is 0.911. The van der Waals surface area contributed by atoms with Crippen molar-refractivity contribution in [3.8, 4) is 0 Å². The molecule has 19 heavy (non-hydrogen) atoms. The molecule has 0 bridgehead atoms. The van der Waals surface area contributed by atoms with Gasteiger partial charge in [0.25, 0.3) is 5.91 Å². The molecule has 0 aliphatic heterocycles. The highest BCUT2D eigenvalue weighted by atomic mass is 79.9. The molecule has 1 heterocycles. The van der Waals surface area contributed by atoms with Gasteiger partial charge in [0.05, 0.1) is 11.8 Å². The first-order chi connectivity index (χ1) is 8.99.